The van der Waals surface area contributed by atoms with Gasteiger partial charge in [0.15, 0.2) is 0 Å². The number of nitrogens with zero attached hydrogens (tertiary/aromatic N) is 2. The highest BCUT2D eigenvalue weighted by Gasteiger charge is 2.15. The number of nitrogens with one attached hydrogen (secondary N) is 2. The molecule has 0 saturated heterocycles. The third-order valence-electron chi connectivity index (χ3n) is 3.87. The van der Waals surface area contributed by atoms with E-state index in [0.29, 0.717) is 5.82 Å². The first-order chi connectivity index (χ1) is 11.6. The molecule has 1 aromatic carbocycles. The third-order valence-corrected chi connectivity index (χ3v) is 3.87. The van der Waals surface area contributed by atoms with Gasteiger partial charge in [-0.25, -0.2) is 9.78 Å². The molecule has 0 fully saturated rings. The standard InChI is InChI=1S/C18H14N4O2/c1-10-8-11(6-7-19-10)20-17-13-9-15(18(23)24)21-16(13)12-4-2-3-5-14(12)22-17/h2-9,21H,1H3,(H,23,24)(H,19,20,22). The highest BCUT2D eigenvalue weighted by atomic mass is 16.4. The molecule has 3 N–H and O–H groups in total. The molecule has 0 aliphatic rings. The molecule has 0 saturated carbocycles. The van der Waals surface area contributed by atoms with Gasteiger partial charge in [-0.3, -0.25) is 4.98 Å². The van der Waals surface area contributed by atoms with E-state index in [9.17, 15) is 9.90 Å². The van der Waals surface area contributed by atoms with Crippen LogP contribution in [0, 0.1) is 6.92 Å². The van der Waals surface area contributed by atoms with Crippen molar-refractivity contribution in [1.29, 1.82) is 0 Å². The van der Waals surface area contributed by atoms with E-state index in [4.69, 9.17) is 0 Å². The van der Waals surface area contributed by atoms with Gasteiger partial charge in [0.25, 0.3) is 0 Å². The Kier molecular flexibility index (Phi) is 3.16. The summed E-state index contributed by atoms with van der Waals surface area (Å²) in [5.74, 6) is -0.390. The second kappa shape index (κ2) is 5.34. The first kappa shape index (κ1) is 14.2. The van der Waals surface area contributed by atoms with Crippen molar-refractivity contribution < 1.29 is 9.90 Å². The zero-order valence-electron chi connectivity index (χ0n) is 12.9. The largest absolute Gasteiger partial charge is 0.477 e. The number of pyridine rings is 2. The van der Waals surface area contributed by atoms with Gasteiger partial charge in [0.1, 0.15) is 11.5 Å². The van der Waals surface area contributed by atoms with Crippen LogP contribution in [0.5, 0.6) is 0 Å². The summed E-state index contributed by atoms with van der Waals surface area (Å²) >= 11 is 0. The molecule has 0 atom stereocenters. The Bertz CT molecular complexity index is 1080. The summed E-state index contributed by atoms with van der Waals surface area (Å²) in [6.45, 7) is 1.91. The van der Waals surface area contributed by atoms with Crippen LogP contribution in [0.3, 0.4) is 0 Å². The van der Waals surface area contributed by atoms with Gasteiger partial charge in [0.05, 0.1) is 11.0 Å². The van der Waals surface area contributed by atoms with E-state index in [0.717, 1.165) is 33.2 Å². The number of aromatic carboxylic acids is 1. The zero-order valence-corrected chi connectivity index (χ0v) is 12.9. The summed E-state index contributed by atoms with van der Waals surface area (Å²) in [5.41, 5.74) is 3.42. The van der Waals surface area contributed by atoms with Crippen LogP contribution in [-0.4, -0.2) is 26.0 Å². The van der Waals surface area contributed by atoms with Crippen LogP contribution >= 0.6 is 0 Å². The van der Waals surface area contributed by atoms with Gasteiger partial charge in [0, 0.05) is 28.4 Å². The van der Waals surface area contributed by atoms with Gasteiger partial charge in [-0.2, -0.15) is 0 Å². The van der Waals surface area contributed by atoms with E-state index >= 15 is 0 Å². The molecule has 4 aromatic rings. The van der Waals surface area contributed by atoms with Crippen LogP contribution in [-0.2, 0) is 0 Å². The summed E-state index contributed by atoms with van der Waals surface area (Å²) < 4.78 is 0. The predicted molar refractivity (Wildman–Crippen MR) is 92.8 cm³/mol. The first-order valence-corrected chi connectivity index (χ1v) is 7.46. The lowest BCUT2D eigenvalue weighted by Crippen LogP contribution is -1.96. The van der Waals surface area contributed by atoms with Gasteiger partial charge >= 0.3 is 5.97 Å². The fraction of sp³-hybridized carbons (Fsp3) is 0.0556. The molecule has 0 aliphatic heterocycles. The molecule has 3 heterocycles. The number of benzene rings is 1. The summed E-state index contributed by atoms with van der Waals surface area (Å²) in [6.07, 6.45) is 1.72. The van der Waals surface area contributed by atoms with Crippen molar-refractivity contribution in [2.45, 2.75) is 6.92 Å². The van der Waals surface area contributed by atoms with Crippen LogP contribution in [0.25, 0.3) is 21.8 Å². The van der Waals surface area contributed by atoms with Crippen LogP contribution in [0.15, 0.2) is 48.7 Å². The van der Waals surface area contributed by atoms with E-state index in [-0.39, 0.29) is 5.69 Å². The molecule has 0 amide bonds. The average molecular weight is 318 g/mol. The number of aryl methyl sites for hydroxylation is 1. The number of carbonyl (C=O) groups is 1. The second-order valence-electron chi connectivity index (χ2n) is 5.57. The first-order valence-electron chi connectivity index (χ1n) is 7.46. The number of hydrogen-bond donors (Lipinski definition) is 3. The highest BCUT2D eigenvalue weighted by Crippen LogP contribution is 2.31. The van der Waals surface area contributed by atoms with Crippen molar-refractivity contribution in [3.63, 3.8) is 0 Å². The molecule has 0 aliphatic carbocycles. The second-order valence-corrected chi connectivity index (χ2v) is 5.57. The van der Waals surface area contributed by atoms with Gasteiger partial charge in [-0.15, -0.1) is 0 Å². The predicted octanol–water partition coefficient (Wildman–Crippen LogP) is 3.86. The van der Waals surface area contributed by atoms with E-state index in [1.165, 1.54) is 0 Å². The fourth-order valence-corrected chi connectivity index (χ4v) is 2.79. The molecule has 6 heteroatoms. The van der Waals surface area contributed by atoms with Crippen LogP contribution < -0.4 is 5.32 Å². The van der Waals surface area contributed by atoms with E-state index < -0.39 is 5.97 Å². The fourth-order valence-electron chi connectivity index (χ4n) is 2.79. The Morgan fingerprint density at radius 3 is 2.79 bits per heavy atom. The number of H-pyrrole nitrogens is 1. The lowest BCUT2D eigenvalue weighted by molar-refractivity contribution is 0.0691. The van der Waals surface area contributed by atoms with E-state index in [1.54, 1.807) is 12.3 Å². The van der Waals surface area contributed by atoms with Gasteiger partial charge < -0.3 is 15.4 Å². The van der Waals surface area contributed by atoms with Gasteiger partial charge in [0.2, 0.25) is 0 Å². The molecule has 24 heavy (non-hydrogen) atoms. The number of fused-ring (bicyclic) bond motifs is 3. The molecule has 0 bridgehead atoms. The van der Waals surface area contributed by atoms with Crippen molar-refractivity contribution in [3.8, 4) is 0 Å². The number of rotatable bonds is 3. The highest BCUT2D eigenvalue weighted by molar-refractivity contribution is 6.11. The van der Waals surface area contributed by atoms with E-state index in [2.05, 4.69) is 20.3 Å². The Balaban J connectivity index is 1.96. The molecule has 118 valence electrons. The molecular formula is C18H14N4O2. The van der Waals surface area contributed by atoms with Crippen molar-refractivity contribution in [2.75, 3.05) is 5.32 Å². The number of carboxylic acids is 1. The van der Waals surface area contributed by atoms with Crippen molar-refractivity contribution >= 4 is 39.3 Å². The quantitative estimate of drug-likeness (QED) is 0.533. The normalized spacial score (nSPS) is 11.0. The minimum atomic E-state index is -0.999. The van der Waals surface area contributed by atoms with Crippen LogP contribution in [0.1, 0.15) is 16.2 Å². The van der Waals surface area contributed by atoms with Crippen LogP contribution in [0.2, 0.25) is 0 Å². The Morgan fingerprint density at radius 1 is 1.17 bits per heavy atom. The van der Waals surface area contributed by atoms with Crippen molar-refractivity contribution in [3.05, 3.63) is 60.0 Å². The summed E-state index contributed by atoms with van der Waals surface area (Å²) in [4.78, 5) is 23.2. The molecule has 0 unspecified atom stereocenters. The molecule has 4 rings (SSSR count). The maximum atomic E-state index is 11.3. The molecule has 0 radical (unpaired) electrons. The molecule has 0 spiro atoms. The molecular weight excluding hydrogens is 304 g/mol. The summed E-state index contributed by atoms with van der Waals surface area (Å²) in [7, 11) is 0. The minimum Gasteiger partial charge on any atom is -0.477 e. The van der Waals surface area contributed by atoms with Crippen LogP contribution in [0.4, 0.5) is 11.5 Å². The Morgan fingerprint density at radius 2 is 2.00 bits per heavy atom. The average Bonchev–Trinajstić information content (AvgIpc) is 3.01. The Hall–Kier alpha value is -3.41. The minimum absolute atomic E-state index is 0.136. The van der Waals surface area contributed by atoms with E-state index in [1.807, 2.05) is 43.3 Å². The maximum Gasteiger partial charge on any atom is 0.352 e. The lowest BCUT2D eigenvalue weighted by atomic mass is 10.1. The Labute approximate surface area is 137 Å². The smallest absolute Gasteiger partial charge is 0.352 e. The summed E-state index contributed by atoms with van der Waals surface area (Å²) in [5, 5.41) is 14.2. The van der Waals surface area contributed by atoms with Gasteiger partial charge in [-0.1, -0.05) is 18.2 Å². The summed E-state index contributed by atoms with van der Waals surface area (Å²) in [6, 6.07) is 13.0. The maximum absolute atomic E-state index is 11.3. The molecule has 6 nitrogen and oxygen atoms in total. The number of anilines is 2. The van der Waals surface area contributed by atoms with Gasteiger partial charge in [-0.05, 0) is 31.2 Å². The third kappa shape index (κ3) is 2.34. The monoisotopic (exact) mass is 318 g/mol. The van der Waals surface area contributed by atoms with Crippen molar-refractivity contribution in [2.24, 2.45) is 0 Å². The number of para-hydroxylation sites is 1. The topological polar surface area (TPSA) is 90.9 Å². The number of aromatic nitrogens is 3. The molecule has 3 aromatic heterocycles. The zero-order chi connectivity index (χ0) is 16.7. The number of aromatic amines is 1. The number of carboxylic acid groups (broad SMARTS) is 1. The number of hydrogen-bond acceptors (Lipinski definition) is 4. The SMILES string of the molecule is Cc1cc(Nc2nc3ccccc3c3[nH]c(C(=O)O)cc23)ccn1. The lowest BCUT2D eigenvalue weighted by Gasteiger charge is -2.09. The van der Waals surface area contributed by atoms with Crippen molar-refractivity contribution in [1.82, 2.24) is 15.0 Å².